The van der Waals surface area contributed by atoms with Crippen LogP contribution >= 0.6 is 11.3 Å². The molecule has 0 radical (unpaired) electrons. The molecule has 0 unspecified atom stereocenters. The highest BCUT2D eigenvalue weighted by Crippen LogP contribution is 2.24. The SMILES string of the molecule is Cc1nc(CC(=O)N2Cc3ccc(C(=O)O)cc3C2)cs1. The summed E-state index contributed by atoms with van der Waals surface area (Å²) in [7, 11) is 0. The van der Waals surface area contributed by atoms with Crippen LogP contribution in [0.1, 0.15) is 32.2 Å². The van der Waals surface area contributed by atoms with Gasteiger partial charge in [0.15, 0.2) is 0 Å². The highest BCUT2D eigenvalue weighted by Gasteiger charge is 2.24. The van der Waals surface area contributed by atoms with Gasteiger partial charge in [0, 0.05) is 18.5 Å². The Morgan fingerprint density at radius 2 is 2.10 bits per heavy atom. The zero-order valence-corrected chi connectivity index (χ0v) is 12.3. The molecule has 0 fully saturated rings. The van der Waals surface area contributed by atoms with Crippen molar-refractivity contribution in [3.8, 4) is 0 Å². The van der Waals surface area contributed by atoms with Crippen LogP contribution in [-0.2, 0) is 24.3 Å². The van der Waals surface area contributed by atoms with E-state index in [2.05, 4.69) is 4.98 Å². The lowest BCUT2D eigenvalue weighted by Crippen LogP contribution is -2.27. The molecule has 0 spiro atoms. The molecule has 1 aliphatic rings. The maximum absolute atomic E-state index is 12.3. The summed E-state index contributed by atoms with van der Waals surface area (Å²) in [6, 6.07) is 5.02. The summed E-state index contributed by atoms with van der Waals surface area (Å²) in [5.74, 6) is -0.922. The van der Waals surface area contributed by atoms with Crippen molar-refractivity contribution in [2.24, 2.45) is 0 Å². The Bertz CT molecular complexity index is 723. The Morgan fingerprint density at radius 3 is 2.76 bits per heavy atom. The number of nitrogens with zero attached hydrogens (tertiary/aromatic N) is 2. The van der Waals surface area contributed by atoms with Crippen LogP contribution in [-0.4, -0.2) is 26.9 Å². The first kappa shape index (κ1) is 13.8. The van der Waals surface area contributed by atoms with Crippen molar-refractivity contribution < 1.29 is 14.7 Å². The summed E-state index contributed by atoms with van der Waals surface area (Å²) in [5, 5.41) is 11.9. The third kappa shape index (κ3) is 2.80. The van der Waals surface area contributed by atoms with E-state index in [4.69, 9.17) is 5.11 Å². The molecule has 1 aromatic heterocycles. The molecule has 1 amide bonds. The minimum absolute atomic E-state index is 0.0216. The molecule has 0 aliphatic carbocycles. The minimum atomic E-state index is -0.944. The number of hydrogen-bond acceptors (Lipinski definition) is 4. The smallest absolute Gasteiger partial charge is 0.335 e. The number of hydrogen-bond donors (Lipinski definition) is 1. The predicted octanol–water partition coefficient (Wildman–Crippen LogP) is 2.23. The summed E-state index contributed by atoms with van der Waals surface area (Å²) in [6.45, 7) is 2.92. The van der Waals surface area contributed by atoms with Crippen molar-refractivity contribution >= 4 is 23.2 Å². The number of amides is 1. The molecule has 1 N–H and O–H groups in total. The van der Waals surface area contributed by atoms with Gasteiger partial charge in [-0.2, -0.15) is 0 Å². The standard InChI is InChI=1S/C15H14N2O3S/c1-9-16-13(8-21-9)5-14(18)17-6-11-3-2-10(15(19)20)4-12(11)7-17/h2-4,8H,5-7H2,1H3,(H,19,20). The van der Waals surface area contributed by atoms with Crippen LogP contribution in [0.3, 0.4) is 0 Å². The van der Waals surface area contributed by atoms with Gasteiger partial charge in [-0.15, -0.1) is 11.3 Å². The second kappa shape index (κ2) is 5.29. The van der Waals surface area contributed by atoms with E-state index in [9.17, 15) is 9.59 Å². The zero-order chi connectivity index (χ0) is 15.0. The fraction of sp³-hybridized carbons (Fsp3) is 0.267. The third-order valence-corrected chi connectivity index (χ3v) is 4.35. The van der Waals surface area contributed by atoms with E-state index in [0.29, 0.717) is 19.5 Å². The first-order chi connectivity index (χ1) is 10.0. The Labute approximate surface area is 125 Å². The van der Waals surface area contributed by atoms with Crippen LogP contribution in [0, 0.1) is 6.92 Å². The molecule has 21 heavy (non-hydrogen) atoms. The van der Waals surface area contributed by atoms with Crippen molar-refractivity contribution in [1.29, 1.82) is 0 Å². The van der Waals surface area contributed by atoms with Gasteiger partial charge in [-0.25, -0.2) is 9.78 Å². The number of carbonyl (C=O) groups is 2. The van der Waals surface area contributed by atoms with E-state index in [1.807, 2.05) is 12.3 Å². The minimum Gasteiger partial charge on any atom is -0.478 e. The molecule has 0 atom stereocenters. The summed E-state index contributed by atoms with van der Waals surface area (Å²) in [6.07, 6.45) is 0.296. The van der Waals surface area contributed by atoms with Crippen molar-refractivity contribution in [3.05, 3.63) is 51.0 Å². The Balaban J connectivity index is 1.72. The van der Waals surface area contributed by atoms with Crippen molar-refractivity contribution in [3.63, 3.8) is 0 Å². The molecule has 0 saturated carbocycles. The molecule has 6 heteroatoms. The monoisotopic (exact) mass is 302 g/mol. The molecular formula is C15H14N2O3S. The fourth-order valence-corrected chi connectivity index (χ4v) is 3.07. The number of aryl methyl sites for hydroxylation is 1. The molecular weight excluding hydrogens is 288 g/mol. The number of carboxylic acids is 1. The molecule has 2 aromatic rings. The van der Waals surface area contributed by atoms with Crippen LogP contribution in [0.4, 0.5) is 0 Å². The maximum atomic E-state index is 12.3. The van der Waals surface area contributed by atoms with Crippen LogP contribution in [0.15, 0.2) is 23.6 Å². The first-order valence-corrected chi connectivity index (χ1v) is 7.45. The van der Waals surface area contributed by atoms with Gasteiger partial charge >= 0.3 is 5.97 Å². The summed E-state index contributed by atoms with van der Waals surface area (Å²) < 4.78 is 0. The number of carboxylic acid groups (broad SMARTS) is 1. The number of fused-ring (bicyclic) bond motifs is 1. The van der Waals surface area contributed by atoms with E-state index in [1.54, 1.807) is 23.1 Å². The van der Waals surface area contributed by atoms with E-state index in [0.717, 1.165) is 21.8 Å². The Morgan fingerprint density at radius 1 is 1.33 bits per heavy atom. The fourth-order valence-electron chi connectivity index (χ4n) is 2.46. The lowest BCUT2D eigenvalue weighted by Gasteiger charge is -2.14. The van der Waals surface area contributed by atoms with E-state index in [1.165, 1.54) is 11.3 Å². The topological polar surface area (TPSA) is 70.5 Å². The van der Waals surface area contributed by atoms with Gasteiger partial charge in [-0.05, 0) is 30.2 Å². The van der Waals surface area contributed by atoms with Gasteiger partial charge in [-0.1, -0.05) is 6.07 Å². The second-order valence-corrected chi connectivity index (χ2v) is 6.14. The van der Waals surface area contributed by atoms with E-state index in [-0.39, 0.29) is 11.5 Å². The van der Waals surface area contributed by atoms with Gasteiger partial charge in [-0.3, -0.25) is 4.79 Å². The predicted molar refractivity (Wildman–Crippen MR) is 78.2 cm³/mol. The number of aromatic carboxylic acids is 1. The molecule has 1 aromatic carbocycles. The first-order valence-electron chi connectivity index (χ1n) is 6.57. The lowest BCUT2D eigenvalue weighted by atomic mass is 10.1. The third-order valence-electron chi connectivity index (χ3n) is 3.53. The highest BCUT2D eigenvalue weighted by atomic mass is 32.1. The average molecular weight is 302 g/mol. The van der Waals surface area contributed by atoms with Gasteiger partial charge in [0.2, 0.25) is 5.91 Å². The maximum Gasteiger partial charge on any atom is 0.335 e. The Kier molecular flexibility index (Phi) is 3.47. The van der Waals surface area contributed by atoms with Crippen LogP contribution in [0.2, 0.25) is 0 Å². The summed E-state index contributed by atoms with van der Waals surface area (Å²) in [4.78, 5) is 29.3. The molecule has 108 valence electrons. The van der Waals surface area contributed by atoms with Crippen LogP contribution < -0.4 is 0 Å². The van der Waals surface area contributed by atoms with Gasteiger partial charge < -0.3 is 10.0 Å². The quantitative estimate of drug-likeness (QED) is 0.944. The number of benzene rings is 1. The average Bonchev–Trinajstić information content (AvgIpc) is 3.03. The number of aromatic nitrogens is 1. The van der Waals surface area contributed by atoms with Crippen LogP contribution in [0.5, 0.6) is 0 Å². The van der Waals surface area contributed by atoms with Crippen molar-refractivity contribution in [2.75, 3.05) is 0 Å². The number of rotatable bonds is 3. The molecule has 5 nitrogen and oxygen atoms in total. The Hall–Kier alpha value is -2.21. The largest absolute Gasteiger partial charge is 0.478 e. The lowest BCUT2D eigenvalue weighted by molar-refractivity contribution is -0.131. The molecule has 3 rings (SSSR count). The highest BCUT2D eigenvalue weighted by molar-refractivity contribution is 7.09. The van der Waals surface area contributed by atoms with Gasteiger partial charge in [0.25, 0.3) is 0 Å². The summed E-state index contributed by atoms with van der Waals surface area (Å²) in [5.41, 5.74) is 2.99. The number of thiazole rings is 1. The normalized spacial score (nSPS) is 13.3. The number of carbonyl (C=O) groups excluding carboxylic acids is 1. The molecule has 0 bridgehead atoms. The van der Waals surface area contributed by atoms with Gasteiger partial charge in [0.05, 0.1) is 22.7 Å². The second-order valence-electron chi connectivity index (χ2n) is 5.07. The molecule has 0 saturated heterocycles. The van der Waals surface area contributed by atoms with E-state index >= 15 is 0 Å². The van der Waals surface area contributed by atoms with Crippen molar-refractivity contribution in [1.82, 2.24) is 9.88 Å². The van der Waals surface area contributed by atoms with Gasteiger partial charge in [0.1, 0.15) is 0 Å². The zero-order valence-electron chi connectivity index (χ0n) is 11.5. The summed E-state index contributed by atoms with van der Waals surface area (Å²) >= 11 is 1.53. The molecule has 2 heterocycles. The van der Waals surface area contributed by atoms with E-state index < -0.39 is 5.97 Å². The van der Waals surface area contributed by atoms with Crippen LogP contribution in [0.25, 0.3) is 0 Å². The van der Waals surface area contributed by atoms with Crippen molar-refractivity contribution in [2.45, 2.75) is 26.4 Å². The molecule has 1 aliphatic heterocycles.